The number of nitrogens with zero attached hydrogens (tertiary/aromatic N) is 2. The number of benzene rings is 1. The lowest BCUT2D eigenvalue weighted by atomic mass is 9.68. The average Bonchev–Trinajstić information content (AvgIpc) is 3.56. The van der Waals surface area contributed by atoms with Crippen molar-refractivity contribution in [2.75, 3.05) is 20.3 Å². The Kier molecular flexibility index (Phi) is 8.78. The molecule has 1 aliphatic carbocycles. The van der Waals surface area contributed by atoms with Gasteiger partial charge in [0.1, 0.15) is 30.5 Å². The number of fused-ring (bicyclic) bond motifs is 1. The van der Waals surface area contributed by atoms with Crippen LogP contribution in [0.15, 0.2) is 82.4 Å². The van der Waals surface area contributed by atoms with Gasteiger partial charge in [-0.15, -0.1) is 0 Å². The first kappa shape index (κ1) is 28.5. The second-order valence-electron chi connectivity index (χ2n) is 10.4. The number of likely N-dealkylation sites (tertiary alicyclic amines) is 1. The predicted molar refractivity (Wildman–Crippen MR) is 151 cm³/mol. The predicted octanol–water partition coefficient (Wildman–Crippen LogP) is 3.47. The van der Waals surface area contributed by atoms with Crippen molar-refractivity contribution in [2.45, 2.75) is 32.0 Å². The Morgan fingerprint density at radius 2 is 1.88 bits per heavy atom. The van der Waals surface area contributed by atoms with Crippen molar-refractivity contribution in [3.8, 4) is 5.75 Å². The molecule has 3 N–H and O–H groups in total. The van der Waals surface area contributed by atoms with Crippen molar-refractivity contribution in [3.63, 3.8) is 0 Å². The van der Waals surface area contributed by atoms with Crippen molar-refractivity contribution >= 4 is 23.5 Å². The third kappa shape index (κ3) is 6.02. The number of carbonyl (C=O) groups is 2. The Morgan fingerprint density at radius 1 is 1.10 bits per heavy atom. The summed E-state index contributed by atoms with van der Waals surface area (Å²) in [5, 5.41) is 31.5. The zero-order chi connectivity index (χ0) is 28.9. The number of amides is 2. The molecule has 0 unspecified atom stereocenters. The molecule has 3 heterocycles. The first-order valence-corrected chi connectivity index (χ1v) is 13.7. The summed E-state index contributed by atoms with van der Waals surface area (Å²) in [5.41, 5.74) is 2.80. The van der Waals surface area contributed by atoms with Crippen molar-refractivity contribution in [2.24, 2.45) is 17.8 Å². The molecule has 0 radical (unpaired) electrons. The van der Waals surface area contributed by atoms with Crippen molar-refractivity contribution in [3.05, 3.63) is 95.2 Å². The molecule has 0 saturated carbocycles. The minimum absolute atomic E-state index is 0.126. The van der Waals surface area contributed by atoms with Crippen LogP contribution in [0.1, 0.15) is 36.5 Å². The molecule has 0 bridgehead atoms. The summed E-state index contributed by atoms with van der Waals surface area (Å²) < 4.78 is 11.7. The molecule has 1 aromatic carbocycles. The summed E-state index contributed by atoms with van der Waals surface area (Å²) in [6.07, 6.45) is 3.46. The summed E-state index contributed by atoms with van der Waals surface area (Å²) >= 11 is 0. The van der Waals surface area contributed by atoms with Crippen LogP contribution >= 0.6 is 0 Å². The molecule has 2 aliphatic rings. The lowest BCUT2D eigenvalue weighted by Gasteiger charge is -2.36. The summed E-state index contributed by atoms with van der Waals surface area (Å²) in [6.45, 7) is -0.469. The van der Waals surface area contributed by atoms with Gasteiger partial charge in [-0.1, -0.05) is 24.3 Å². The van der Waals surface area contributed by atoms with E-state index in [2.05, 4.69) is 4.98 Å². The Bertz CT molecular complexity index is 1430. The molecule has 2 amide bonds. The van der Waals surface area contributed by atoms with E-state index in [0.717, 1.165) is 16.0 Å². The van der Waals surface area contributed by atoms with Crippen LogP contribution in [-0.4, -0.2) is 63.4 Å². The van der Waals surface area contributed by atoms with Crippen molar-refractivity contribution in [1.82, 2.24) is 9.88 Å². The molecule has 5 rings (SSSR count). The van der Waals surface area contributed by atoms with Crippen LogP contribution in [0.3, 0.4) is 0 Å². The van der Waals surface area contributed by atoms with Gasteiger partial charge in [0.05, 0.1) is 30.2 Å². The SMILES string of the molecule is CN1C(=O)[C@@H]2[C@@H](CC(COc3ccccc3)=C([C@H](O)CC/C(=C/c3ccc(CO)o3)c3ccccn3)[C@@H]2CO)C1=O. The van der Waals surface area contributed by atoms with Crippen LogP contribution in [0.4, 0.5) is 0 Å². The van der Waals surface area contributed by atoms with Crippen LogP contribution in [0, 0.1) is 17.8 Å². The standard InChI is InChI=1S/C32H34N2O7/c1-34-31(38)25-16-21(19-40-22-7-3-2-4-8-22)29(26(18-36)30(25)32(34)39)28(37)13-10-20(27-9-5-6-14-33-27)15-23-11-12-24(17-35)41-23/h2-9,11-12,14-15,25-26,28,30,35-37H,10,13,16-19H2,1H3/b20-15-/t25-,26+,28-,30-/m1/s1. The fourth-order valence-corrected chi connectivity index (χ4v) is 5.94. The Balaban J connectivity index is 1.45. The van der Waals surface area contributed by atoms with Crippen LogP contribution in [-0.2, 0) is 16.2 Å². The Hall–Kier alpha value is -4.05. The fraction of sp³-hybridized carbons (Fsp3) is 0.344. The van der Waals surface area contributed by atoms with E-state index < -0.39 is 23.9 Å². The third-order valence-electron chi connectivity index (χ3n) is 7.95. The molecular weight excluding hydrogens is 524 g/mol. The monoisotopic (exact) mass is 558 g/mol. The lowest BCUT2D eigenvalue weighted by Crippen LogP contribution is -2.39. The van der Waals surface area contributed by atoms with Crippen LogP contribution in [0.25, 0.3) is 11.6 Å². The quantitative estimate of drug-likeness (QED) is 0.241. The first-order valence-electron chi connectivity index (χ1n) is 13.7. The molecule has 1 aliphatic heterocycles. The highest BCUT2D eigenvalue weighted by Crippen LogP contribution is 2.46. The Labute approximate surface area is 238 Å². The third-order valence-corrected chi connectivity index (χ3v) is 7.95. The molecule has 9 heteroatoms. The number of imide groups is 1. The van der Waals surface area contributed by atoms with E-state index >= 15 is 0 Å². The summed E-state index contributed by atoms with van der Waals surface area (Å²) in [7, 11) is 1.47. The maximum absolute atomic E-state index is 13.1. The molecule has 2 aromatic heterocycles. The number of carbonyl (C=O) groups excluding carboxylic acids is 2. The fourth-order valence-electron chi connectivity index (χ4n) is 5.94. The molecular formula is C32H34N2O7. The van der Waals surface area contributed by atoms with E-state index in [1.807, 2.05) is 54.6 Å². The van der Waals surface area contributed by atoms with Crippen LogP contribution in [0.5, 0.6) is 5.75 Å². The zero-order valence-corrected chi connectivity index (χ0v) is 22.8. The molecule has 0 spiro atoms. The van der Waals surface area contributed by atoms with E-state index in [0.29, 0.717) is 35.0 Å². The number of para-hydroxylation sites is 1. The van der Waals surface area contributed by atoms with Gasteiger partial charge in [0, 0.05) is 19.2 Å². The number of furan rings is 1. The highest BCUT2D eigenvalue weighted by Gasteiger charge is 2.53. The normalized spacial score (nSPS) is 21.8. The van der Waals surface area contributed by atoms with Crippen LogP contribution in [0.2, 0.25) is 0 Å². The number of aliphatic hydroxyl groups excluding tert-OH is 3. The topological polar surface area (TPSA) is 133 Å². The second kappa shape index (κ2) is 12.6. The van der Waals surface area contributed by atoms with Crippen LogP contribution < -0.4 is 4.74 Å². The van der Waals surface area contributed by atoms with E-state index in [1.165, 1.54) is 7.05 Å². The van der Waals surface area contributed by atoms with E-state index in [-0.39, 0.29) is 44.5 Å². The number of aromatic nitrogens is 1. The van der Waals surface area contributed by atoms with Gasteiger partial charge < -0.3 is 24.5 Å². The highest BCUT2D eigenvalue weighted by molar-refractivity contribution is 6.05. The van der Waals surface area contributed by atoms with Gasteiger partial charge in [-0.2, -0.15) is 0 Å². The second-order valence-corrected chi connectivity index (χ2v) is 10.4. The molecule has 3 aromatic rings. The zero-order valence-electron chi connectivity index (χ0n) is 22.8. The first-order chi connectivity index (χ1) is 19.9. The molecule has 1 fully saturated rings. The van der Waals surface area contributed by atoms with Gasteiger partial charge in [0.2, 0.25) is 11.8 Å². The number of allylic oxidation sites excluding steroid dienone is 1. The van der Waals surface area contributed by atoms with Gasteiger partial charge in [0.25, 0.3) is 0 Å². The summed E-state index contributed by atoms with van der Waals surface area (Å²) in [5.74, 6) is -1.02. The van der Waals surface area contributed by atoms with E-state index in [9.17, 15) is 24.9 Å². The molecule has 41 heavy (non-hydrogen) atoms. The number of hydrogen-bond donors (Lipinski definition) is 3. The largest absolute Gasteiger partial charge is 0.489 e. The maximum Gasteiger partial charge on any atom is 0.233 e. The molecule has 214 valence electrons. The highest BCUT2D eigenvalue weighted by atomic mass is 16.5. The summed E-state index contributed by atoms with van der Waals surface area (Å²) in [4.78, 5) is 31.6. The minimum Gasteiger partial charge on any atom is -0.489 e. The number of aliphatic hydroxyl groups is 3. The molecule has 1 saturated heterocycles. The van der Waals surface area contributed by atoms with Crippen molar-refractivity contribution in [1.29, 1.82) is 0 Å². The number of ether oxygens (including phenoxy) is 1. The number of rotatable bonds is 11. The van der Waals surface area contributed by atoms with Gasteiger partial charge in [-0.05, 0) is 78.5 Å². The van der Waals surface area contributed by atoms with E-state index in [1.54, 1.807) is 18.3 Å². The van der Waals surface area contributed by atoms with E-state index in [4.69, 9.17) is 9.15 Å². The maximum atomic E-state index is 13.1. The van der Waals surface area contributed by atoms with Gasteiger partial charge in [0.15, 0.2) is 0 Å². The number of pyridine rings is 1. The van der Waals surface area contributed by atoms with Gasteiger partial charge >= 0.3 is 0 Å². The average molecular weight is 559 g/mol. The Morgan fingerprint density at radius 3 is 2.56 bits per heavy atom. The minimum atomic E-state index is -1.01. The molecule has 4 atom stereocenters. The summed E-state index contributed by atoms with van der Waals surface area (Å²) in [6, 6.07) is 18.3. The lowest BCUT2D eigenvalue weighted by molar-refractivity contribution is -0.138. The van der Waals surface area contributed by atoms with Crippen molar-refractivity contribution < 1.29 is 34.1 Å². The van der Waals surface area contributed by atoms with Gasteiger partial charge in [-0.25, -0.2) is 0 Å². The number of hydrogen-bond acceptors (Lipinski definition) is 8. The molecule has 9 nitrogen and oxygen atoms in total. The smallest absolute Gasteiger partial charge is 0.233 e. The van der Waals surface area contributed by atoms with Gasteiger partial charge in [-0.3, -0.25) is 19.5 Å².